The van der Waals surface area contributed by atoms with Gasteiger partial charge in [-0.2, -0.15) is 0 Å². The Bertz CT molecular complexity index is 1140. The molecule has 0 heterocycles. The molecule has 3 aromatic rings. The largest absolute Gasteiger partial charge is 0.497 e. The zero-order valence-electron chi connectivity index (χ0n) is 22.8. The highest BCUT2D eigenvalue weighted by Gasteiger charge is 2.33. The lowest BCUT2D eigenvalue weighted by Crippen LogP contribution is -2.31. The highest BCUT2D eigenvalue weighted by Crippen LogP contribution is 2.26. The van der Waals surface area contributed by atoms with Gasteiger partial charge in [0.05, 0.1) is 18.9 Å². The molecule has 0 aromatic heterocycles. The quantitative estimate of drug-likeness (QED) is 0.143. The van der Waals surface area contributed by atoms with E-state index in [1.54, 1.807) is 7.11 Å². The first-order chi connectivity index (χ1) is 19.1. The molecule has 3 rings (SSSR count). The minimum atomic E-state index is -0.973. The molecule has 2 atom stereocenters. The van der Waals surface area contributed by atoms with Crippen LogP contribution in [0, 0.1) is 11.8 Å². The van der Waals surface area contributed by atoms with Gasteiger partial charge in [-0.25, -0.2) is 0 Å². The van der Waals surface area contributed by atoms with Crippen molar-refractivity contribution >= 4 is 18.0 Å². The molecule has 1 N–H and O–H groups in total. The SMILES string of the molecule is COc1ccc(/C=C/C[C@@H](C(=O)O)[C@H](CCCCCCCc2ccccc2)C(=O)OCc2ccccc2)cc1. The van der Waals surface area contributed by atoms with Gasteiger partial charge in [0, 0.05) is 0 Å². The summed E-state index contributed by atoms with van der Waals surface area (Å²) in [5, 5.41) is 10.1. The second kappa shape index (κ2) is 16.9. The van der Waals surface area contributed by atoms with Crippen LogP contribution in [0.5, 0.6) is 5.75 Å². The average Bonchev–Trinajstić information content (AvgIpc) is 2.97. The van der Waals surface area contributed by atoms with E-state index in [1.807, 2.05) is 72.8 Å². The van der Waals surface area contributed by atoms with Gasteiger partial charge in [-0.15, -0.1) is 0 Å². The third-order valence-corrected chi connectivity index (χ3v) is 6.97. The van der Waals surface area contributed by atoms with Crippen molar-refractivity contribution < 1.29 is 24.2 Å². The van der Waals surface area contributed by atoms with Crippen LogP contribution in [0.4, 0.5) is 0 Å². The zero-order valence-corrected chi connectivity index (χ0v) is 22.8. The number of unbranched alkanes of at least 4 members (excludes halogenated alkanes) is 4. The number of rotatable bonds is 17. The van der Waals surface area contributed by atoms with Gasteiger partial charge in [0.2, 0.25) is 0 Å². The highest BCUT2D eigenvalue weighted by molar-refractivity contribution is 5.81. The number of aryl methyl sites for hydroxylation is 1. The predicted octanol–water partition coefficient (Wildman–Crippen LogP) is 7.74. The summed E-state index contributed by atoms with van der Waals surface area (Å²) in [5.41, 5.74) is 3.18. The number of carbonyl (C=O) groups is 2. The summed E-state index contributed by atoms with van der Waals surface area (Å²) in [6.45, 7) is 0.143. The number of carbonyl (C=O) groups excluding carboxylic acids is 1. The molecule has 0 aliphatic heterocycles. The molecule has 0 fully saturated rings. The van der Waals surface area contributed by atoms with Crippen molar-refractivity contribution in [2.24, 2.45) is 11.8 Å². The Hall–Kier alpha value is -3.86. The molecule has 0 amide bonds. The molecule has 206 valence electrons. The summed E-state index contributed by atoms with van der Waals surface area (Å²) in [5.74, 6) is -2.19. The molecular weight excluding hydrogens is 488 g/mol. The van der Waals surface area contributed by atoms with Crippen LogP contribution in [0.3, 0.4) is 0 Å². The molecule has 39 heavy (non-hydrogen) atoms. The van der Waals surface area contributed by atoms with Crippen molar-refractivity contribution in [2.75, 3.05) is 7.11 Å². The Morgan fingerprint density at radius 3 is 2.03 bits per heavy atom. The van der Waals surface area contributed by atoms with Gasteiger partial charge in [0.1, 0.15) is 12.4 Å². The number of allylic oxidation sites excluding steroid dienone is 1. The van der Waals surface area contributed by atoms with Crippen LogP contribution < -0.4 is 4.74 Å². The summed E-state index contributed by atoms with van der Waals surface area (Å²) in [6.07, 6.45) is 10.6. The van der Waals surface area contributed by atoms with Crippen molar-refractivity contribution in [3.63, 3.8) is 0 Å². The first-order valence-corrected chi connectivity index (χ1v) is 13.8. The van der Waals surface area contributed by atoms with E-state index in [-0.39, 0.29) is 13.0 Å². The molecule has 0 bridgehead atoms. The fourth-order valence-corrected chi connectivity index (χ4v) is 4.69. The standard InChI is InChI=1S/C34H40O5/c1-38-30-24-22-28(23-25-30)19-13-21-31(33(35)36)32(34(37)39-26-29-17-10-6-11-18-29)20-12-4-2-3-7-14-27-15-8-5-9-16-27/h5-6,8-11,13,15-19,22-25,31-32H,2-4,7,12,14,20-21,26H2,1H3,(H,35,36)/b19-13+/t31-,32+/m1/s1. The van der Waals surface area contributed by atoms with Crippen LogP contribution in [0.1, 0.15) is 61.6 Å². The molecule has 5 heteroatoms. The number of carboxylic acid groups (broad SMARTS) is 1. The van der Waals surface area contributed by atoms with Gasteiger partial charge in [-0.05, 0) is 54.5 Å². The number of esters is 1. The fourth-order valence-electron chi connectivity index (χ4n) is 4.69. The van der Waals surface area contributed by atoms with Gasteiger partial charge in [0.15, 0.2) is 0 Å². The van der Waals surface area contributed by atoms with E-state index >= 15 is 0 Å². The second-order valence-electron chi connectivity index (χ2n) is 9.85. The average molecular weight is 529 g/mol. The number of aliphatic carboxylic acids is 1. The van der Waals surface area contributed by atoms with Crippen molar-refractivity contribution in [3.8, 4) is 5.75 Å². The van der Waals surface area contributed by atoms with Crippen LogP contribution in [0.2, 0.25) is 0 Å². The fraction of sp³-hybridized carbons (Fsp3) is 0.353. The third kappa shape index (κ3) is 10.8. The topological polar surface area (TPSA) is 72.8 Å². The van der Waals surface area contributed by atoms with Crippen LogP contribution in [0.15, 0.2) is 91.0 Å². The third-order valence-electron chi connectivity index (χ3n) is 6.97. The van der Waals surface area contributed by atoms with Crippen LogP contribution in [-0.4, -0.2) is 24.2 Å². The van der Waals surface area contributed by atoms with Gasteiger partial charge in [0.25, 0.3) is 0 Å². The predicted molar refractivity (Wildman–Crippen MR) is 155 cm³/mol. The van der Waals surface area contributed by atoms with E-state index in [0.717, 1.165) is 55.4 Å². The van der Waals surface area contributed by atoms with Crippen molar-refractivity contribution in [3.05, 3.63) is 108 Å². The lowest BCUT2D eigenvalue weighted by atomic mass is 9.85. The van der Waals surface area contributed by atoms with Crippen molar-refractivity contribution in [2.45, 2.75) is 58.0 Å². The molecular formula is C34H40O5. The van der Waals surface area contributed by atoms with Crippen LogP contribution >= 0.6 is 0 Å². The smallest absolute Gasteiger partial charge is 0.310 e. The number of ether oxygens (including phenoxy) is 2. The molecule has 0 unspecified atom stereocenters. The molecule has 0 aliphatic rings. The molecule has 0 saturated carbocycles. The van der Waals surface area contributed by atoms with E-state index in [4.69, 9.17) is 9.47 Å². The Morgan fingerprint density at radius 2 is 1.38 bits per heavy atom. The summed E-state index contributed by atoms with van der Waals surface area (Å²) in [6, 6.07) is 27.5. The van der Waals surface area contributed by atoms with Crippen molar-refractivity contribution in [1.82, 2.24) is 0 Å². The Morgan fingerprint density at radius 1 is 0.769 bits per heavy atom. The first-order valence-electron chi connectivity index (χ1n) is 13.8. The Kier molecular flexibility index (Phi) is 12.8. The van der Waals surface area contributed by atoms with Gasteiger partial charge in [-0.3, -0.25) is 9.59 Å². The van der Waals surface area contributed by atoms with Gasteiger partial charge >= 0.3 is 11.9 Å². The van der Waals surface area contributed by atoms with E-state index in [9.17, 15) is 14.7 Å². The monoisotopic (exact) mass is 528 g/mol. The maximum absolute atomic E-state index is 13.2. The van der Waals surface area contributed by atoms with Crippen molar-refractivity contribution in [1.29, 1.82) is 0 Å². The summed E-state index contributed by atoms with van der Waals surface area (Å²) in [7, 11) is 1.62. The first kappa shape index (κ1) is 29.7. The number of benzene rings is 3. The van der Waals surface area contributed by atoms with E-state index < -0.39 is 23.8 Å². The van der Waals surface area contributed by atoms with Gasteiger partial charge < -0.3 is 14.6 Å². The minimum Gasteiger partial charge on any atom is -0.497 e. The number of hydrogen-bond acceptors (Lipinski definition) is 4. The molecule has 0 spiro atoms. The maximum Gasteiger partial charge on any atom is 0.310 e. The van der Waals surface area contributed by atoms with E-state index in [0.29, 0.717) is 6.42 Å². The normalized spacial score (nSPS) is 12.6. The number of methoxy groups -OCH3 is 1. The zero-order chi connectivity index (χ0) is 27.7. The Balaban J connectivity index is 1.56. The lowest BCUT2D eigenvalue weighted by Gasteiger charge is -2.22. The van der Waals surface area contributed by atoms with Gasteiger partial charge in [-0.1, -0.05) is 111 Å². The van der Waals surface area contributed by atoms with E-state index in [2.05, 4.69) is 24.3 Å². The maximum atomic E-state index is 13.2. The number of carboxylic acids is 1. The second-order valence-corrected chi connectivity index (χ2v) is 9.85. The molecule has 5 nitrogen and oxygen atoms in total. The molecule has 0 saturated heterocycles. The van der Waals surface area contributed by atoms with E-state index in [1.165, 1.54) is 5.56 Å². The minimum absolute atomic E-state index is 0.143. The molecule has 0 aliphatic carbocycles. The summed E-state index contributed by atoms with van der Waals surface area (Å²) < 4.78 is 10.8. The summed E-state index contributed by atoms with van der Waals surface area (Å²) >= 11 is 0. The highest BCUT2D eigenvalue weighted by atomic mass is 16.5. The molecule has 3 aromatic carbocycles. The van der Waals surface area contributed by atoms with Crippen LogP contribution in [-0.2, 0) is 27.4 Å². The number of hydrogen-bond donors (Lipinski definition) is 1. The summed E-state index contributed by atoms with van der Waals surface area (Å²) in [4.78, 5) is 25.5. The lowest BCUT2D eigenvalue weighted by molar-refractivity contribution is -0.159. The molecule has 0 radical (unpaired) electrons. The van der Waals surface area contributed by atoms with Crippen LogP contribution in [0.25, 0.3) is 6.08 Å². The Labute approximate surface area is 232 Å².